The van der Waals surface area contributed by atoms with Crippen LogP contribution in [0.15, 0.2) is 53.0 Å². The van der Waals surface area contributed by atoms with E-state index < -0.39 is 10.0 Å². The zero-order valence-electron chi connectivity index (χ0n) is 15.2. The number of aromatic nitrogens is 1. The van der Waals surface area contributed by atoms with E-state index in [0.717, 1.165) is 42.0 Å². The van der Waals surface area contributed by atoms with Crippen LogP contribution < -0.4 is 5.32 Å². The lowest BCUT2D eigenvalue weighted by Gasteiger charge is -2.33. The highest BCUT2D eigenvalue weighted by molar-refractivity contribution is 7.91. The largest absolute Gasteiger partial charge is 0.384 e. The average molecular weight is 437 g/mol. The maximum absolute atomic E-state index is 13.0. The van der Waals surface area contributed by atoms with Gasteiger partial charge in [-0.05, 0) is 35.7 Å². The van der Waals surface area contributed by atoms with Crippen molar-refractivity contribution >= 4 is 48.7 Å². The van der Waals surface area contributed by atoms with E-state index in [4.69, 9.17) is 11.6 Å². The van der Waals surface area contributed by atoms with Crippen LogP contribution in [0.4, 0.5) is 5.69 Å². The third-order valence-electron chi connectivity index (χ3n) is 4.82. The zero-order valence-corrected chi connectivity index (χ0v) is 17.6. The summed E-state index contributed by atoms with van der Waals surface area (Å²) in [5.41, 5.74) is 1.04. The molecule has 1 saturated heterocycles. The summed E-state index contributed by atoms with van der Waals surface area (Å²) in [6.07, 6.45) is 3.52. The molecule has 0 spiro atoms. The monoisotopic (exact) mass is 436 g/mol. The number of hydrogen-bond donors (Lipinski definition) is 1. The van der Waals surface area contributed by atoms with E-state index in [1.54, 1.807) is 28.8 Å². The van der Waals surface area contributed by atoms with Crippen molar-refractivity contribution in [3.05, 3.63) is 53.8 Å². The molecule has 1 aliphatic heterocycles. The van der Waals surface area contributed by atoms with E-state index in [-0.39, 0.29) is 0 Å². The predicted molar refractivity (Wildman–Crippen MR) is 115 cm³/mol. The van der Waals surface area contributed by atoms with Gasteiger partial charge >= 0.3 is 0 Å². The molecule has 0 saturated carbocycles. The lowest BCUT2D eigenvalue weighted by molar-refractivity contribution is 0.194. The Kier molecular flexibility index (Phi) is 5.84. The first-order valence-corrected chi connectivity index (χ1v) is 11.7. The maximum Gasteiger partial charge on any atom is 0.252 e. The third kappa shape index (κ3) is 4.31. The first-order chi connectivity index (χ1) is 13.5. The molecule has 0 unspecified atom stereocenters. The molecule has 0 atom stereocenters. The molecule has 148 valence electrons. The van der Waals surface area contributed by atoms with Crippen LogP contribution >= 0.6 is 22.9 Å². The van der Waals surface area contributed by atoms with Gasteiger partial charge in [-0.15, -0.1) is 11.3 Å². The Labute approximate surface area is 173 Å². The Morgan fingerprint density at radius 2 is 1.82 bits per heavy atom. The van der Waals surface area contributed by atoms with E-state index in [9.17, 15) is 8.42 Å². The van der Waals surface area contributed by atoms with Crippen LogP contribution in [0.25, 0.3) is 10.1 Å². The smallest absolute Gasteiger partial charge is 0.252 e. The second-order valence-electron chi connectivity index (χ2n) is 6.66. The number of piperazine rings is 1. The van der Waals surface area contributed by atoms with Crippen LogP contribution in [0.2, 0.25) is 5.02 Å². The summed E-state index contributed by atoms with van der Waals surface area (Å²) in [6, 6.07) is 11.1. The van der Waals surface area contributed by atoms with Crippen LogP contribution in [-0.4, -0.2) is 61.9 Å². The first kappa shape index (κ1) is 19.6. The number of thiophene rings is 1. The molecule has 3 heterocycles. The number of hydrogen-bond acceptors (Lipinski definition) is 6. The molecule has 1 N–H and O–H groups in total. The standard InChI is InChI=1S/C19H21ClN4O2S2/c20-16-2-1-15-13-19(27-18(15)14-16)28(25,26)24-11-9-23(10-12-24)8-7-22-17-3-5-21-6-4-17/h1-6,13-14H,7-12H2,(H,21,22). The number of nitrogens with zero attached hydrogens (tertiary/aromatic N) is 3. The van der Waals surface area contributed by atoms with Crippen molar-refractivity contribution < 1.29 is 8.42 Å². The molecule has 0 radical (unpaired) electrons. The molecule has 1 fully saturated rings. The summed E-state index contributed by atoms with van der Waals surface area (Å²) < 4.78 is 28.9. The number of rotatable bonds is 6. The second kappa shape index (κ2) is 8.34. The quantitative estimate of drug-likeness (QED) is 0.641. The summed E-state index contributed by atoms with van der Waals surface area (Å²) in [5, 5.41) is 4.88. The Morgan fingerprint density at radius 1 is 1.07 bits per heavy atom. The van der Waals surface area contributed by atoms with Crippen LogP contribution in [0, 0.1) is 0 Å². The van der Waals surface area contributed by atoms with Gasteiger partial charge in [0.15, 0.2) is 0 Å². The summed E-state index contributed by atoms with van der Waals surface area (Å²) in [5.74, 6) is 0. The van der Waals surface area contributed by atoms with Crippen LogP contribution in [0.1, 0.15) is 0 Å². The van der Waals surface area contributed by atoms with Crippen molar-refractivity contribution in [3.8, 4) is 0 Å². The number of anilines is 1. The van der Waals surface area contributed by atoms with Gasteiger partial charge < -0.3 is 5.32 Å². The molecule has 0 aliphatic carbocycles. The molecule has 28 heavy (non-hydrogen) atoms. The Balaban J connectivity index is 1.34. The Hall–Kier alpha value is -1.71. The number of nitrogens with one attached hydrogen (secondary N) is 1. The van der Waals surface area contributed by atoms with Gasteiger partial charge in [-0.3, -0.25) is 9.88 Å². The van der Waals surface area contributed by atoms with E-state index in [2.05, 4.69) is 15.2 Å². The minimum absolute atomic E-state index is 0.387. The molecule has 1 aliphatic rings. The molecule has 9 heteroatoms. The lowest BCUT2D eigenvalue weighted by atomic mass is 10.3. The highest BCUT2D eigenvalue weighted by Gasteiger charge is 2.29. The van der Waals surface area contributed by atoms with Gasteiger partial charge in [0, 0.05) is 67.1 Å². The van der Waals surface area contributed by atoms with Gasteiger partial charge in [-0.25, -0.2) is 8.42 Å². The van der Waals surface area contributed by atoms with Crippen molar-refractivity contribution in [1.29, 1.82) is 0 Å². The molecule has 4 rings (SSSR count). The number of pyridine rings is 1. The van der Waals surface area contributed by atoms with Crippen LogP contribution in [0.5, 0.6) is 0 Å². The Bertz CT molecular complexity index is 1050. The van der Waals surface area contributed by atoms with Gasteiger partial charge in [0.2, 0.25) is 0 Å². The van der Waals surface area contributed by atoms with Gasteiger partial charge in [-0.2, -0.15) is 4.31 Å². The molecule has 1 aromatic carbocycles. The van der Waals surface area contributed by atoms with E-state index in [1.807, 2.05) is 24.3 Å². The second-order valence-corrected chi connectivity index (χ2v) is 10.3. The van der Waals surface area contributed by atoms with Crippen molar-refractivity contribution in [2.24, 2.45) is 0 Å². The summed E-state index contributed by atoms with van der Waals surface area (Å²) >= 11 is 7.30. The van der Waals surface area contributed by atoms with Gasteiger partial charge in [-0.1, -0.05) is 17.7 Å². The molecule has 0 amide bonds. The van der Waals surface area contributed by atoms with Crippen molar-refractivity contribution in [1.82, 2.24) is 14.2 Å². The number of sulfonamides is 1. The zero-order chi connectivity index (χ0) is 19.6. The first-order valence-electron chi connectivity index (χ1n) is 9.08. The van der Waals surface area contributed by atoms with Crippen LogP contribution in [-0.2, 0) is 10.0 Å². The fourth-order valence-electron chi connectivity index (χ4n) is 3.26. The minimum Gasteiger partial charge on any atom is -0.384 e. The molecular weight excluding hydrogens is 416 g/mol. The third-order valence-corrected chi connectivity index (χ3v) is 8.50. The topological polar surface area (TPSA) is 65.5 Å². The minimum atomic E-state index is -3.46. The van der Waals surface area contributed by atoms with E-state index in [0.29, 0.717) is 22.3 Å². The summed E-state index contributed by atoms with van der Waals surface area (Å²) in [6.45, 7) is 4.16. The molecule has 6 nitrogen and oxygen atoms in total. The molecule has 3 aromatic rings. The molecular formula is C19H21ClN4O2S2. The van der Waals surface area contributed by atoms with Crippen LogP contribution in [0.3, 0.4) is 0 Å². The fourth-order valence-corrected chi connectivity index (χ4v) is 6.51. The summed E-state index contributed by atoms with van der Waals surface area (Å²) in [4.78, 5) is 6.28. The average Bonchev–Trinajstić information content (AvgIpc) is 3.13. The van der Waals surface area contributed by atoms with E-state index >= 15 is 0 Å². The van der Waals surface area contributed by atoms with Gasteiger partial charge in [0.1, 0.15) is 4.21 Å². The normalized spacial score (nSPS) is 16.5. The van der Waals surface area contributed by atoms with Crippen molar-refractivity contribution in [2.75, 3.05) is 44.6 Å². The van der Waals surface area contributed by atoms with Gasteiger partial charge in [0.05, 0.1) is 0 Å². The fraction of sp³-hybridized carbons (Fsp3) is 0.316. The maximum atomic E-state index is 13.0. The summed E-state index contributed by atoms with van der Waals surface area (Å²) in [7, 11) is -3.46. The highest BCUT2D eigenvalue weighted by atomic mass is 35.5. The van der Waals surface area contributed by atoms with Gasteiger partial charge in [0.25, 0.3) is 10.0 Å². The van der Waals surface area contributed by atoms with Crippen molar-refractivity contribution in [3.63, 3.8) is 0 Å². The molecule has 0 bridgehead atoms. The number of halogens is 1. The van der Waals surface area contributed by atoms with E-state index in [1.165, 1.54) is 11.3 Å². The number of fused-ring (bicyclic) bond motifs is 1. The number of benzene rings is 1. The Morgan fingerprint density at radius 3 is 2.57 bits per heavy atom. The predicted octanol–water partition coefficient (Wildman–Crippen LogP) is 3.37. The SMILES string of the molecule is O=S(=O)(c1cc2ccc(Cl)cc2s1)N1CCN(CCNc2ccncc2)CC1. The van der Waals surface area contributed by atoms with Crippen molar-refractivity contribution in [2.45, 2.75) is 4.21 Å². The highest BCUT2D eigenvalue weighted by Crippen LogP contribution is 2.32. The lowest BCUT2D eigenvalue weighted by Crippen LogP contribution is -2.49. The molecule has 2 aromatic heterocycles.